The maximum absolute atomic E-state index is 13.7. The van der Waals surface area contributed by atoms with E-state index in [1.165, 1.54) is 4.90 Å². The van der Waals surface area contributed by atoms with Crippen molar-refractivity contribution >= 4 is 33.5 Å². The van der Waals surface area contributed by atoms with Gasteiger partial charge in [-0.2, -0.15) is 5.26 Å². The number of hydrogen-bond acceptors (Lipinski definition) is 6. The summed E-state index contributed by atoms with van der Waals surface area (Å²) in [6, 6.07) is 15.9. The third-order valence-electron chi connectivity index (χ3n) is 5.06. The van der Waals surface area contributed by atoms with Gasteiger partial charge in [0, 0.05) is 20.6 Å². The summed E-state index contributed by atoms with van der Waals surface area (Å²) in [5.74, 6) is -3.29. The van der Waals surface area contributed by atoms with Crippen LogP contribution in [0.3, 0.4) is 0 Å². The number of hydrogen-bond donors (Lipinski definition) is 0. The Kier molecular flexibility index (Phi) is 6.17. The van der Waals surface area contributed by atoms with E-state index in [1.807, 2.05) is 36.4 Å². The largest absolute Gasteiger partial charge is 0.465 e. The molecule has 0 saturated heterocycles. The van der Waals surface area contributed by atoms with Crippen LogP contribution in [0, 0.1) is 27.4 Å². The van der Waals surface area contributed by atoms with Crippen molar-refractivity contribution in [2.24, 2.45) is 5.92 Å². The average molecular weight is 472 g/mol. The fraction of sp³-hybridized carbons (Fsp3) is 0.286. The van der Waals surface area contributed by atoms with Gasteiger partial charge in [-0.1, -0.05) is 46.3 Å². The molecule has 1 aliphatic heterocycles. The van der Waals surface area contributed by atoms with E-state index in [9.17, 15) is 25.0 Å². The fourth-order valence-electron chi connectivity index (χ4n) is 3.81. The molecule has 0 fully saturated rings. The third kappa shape index (κ3) is 3.66. The summed E-state index contributed by atoms with van der Waals surface area (Å²) in [6.45, 7) is 0.792. The van der Waals surface area contributed by atoms with Crippen LogP contribution in [0.1, 0.15) is 18.1 Å². The Balaban J connectivity index is 2.22. The minimum absolute atomic E-state index is 0.0151. The summed E-state index contributed by atoms with van der Waals surface area (Å²) >= 11 is 3.33. The summed E-state index contributed by atoms with van der Waals surface area (Å²) in [5.41, 5.74) is -0.493. The summed E-state index contributed by atoms with van der Waals surface area (Å²) < 4.78 is 5.57. The summed E-state index contributed by atoms with van der Waals surface area (Å²) in [7, 11) is 0. The molecule has 1 aliphatic rings. The molecular weight excluding hydrogens is 454 g/mol. The lowest BCUT2D eigenvalue weighted by molar-refractivity contribution is -0.488. The molecule has 2 atom stereocenters. The van der Waals surface area contributed by atoms with Crippen molar-refractivity contribution in [3.63, 3.8) is 0 Å². The molecule has 30 heavy (non-hydrogen) atoms. The van der Waals surface area contributed by atoms with E-state index in [0.717, 1.165) is 5.56 Å². The van der Waals surface area contributed by atoms with E-state index in [0.29, 0.717) is 10.2 Å². The van der Waals surface area contributed by atoms with E-state index in [2.05, 4.69) is 15.9 Å². The summed E-state index contributed by atoms with van der Waals surface area (Å²) in [6.07, 6.45) is 0. The zero-order chi connectivity index (χ0) is 21.9. The molecule has 0 spiro atoms. The number of rotatable bonds is 7. The molecule has 0 aromatic heterocycles. The zero-order valence-electron chi connectivity index (χ0n) is 16.1. The van der Waals surface area contributed by atoms with Gasteiger partial charge in [0.25, 0.3) is 0 Å². The summed E-state index contributed by atoms with van der Waals surface area (Å²) in [4.78, 5) is 38.6. The highest BCUT2D eigenvalue weighted by molar-refractivity contribution is 9.10. The van der Waals surface area contributed by atoms with Crippen LogP contribution in [0.4, 0.5) is 5.69 Å². The zero-order valence-corrected chi connectivity index (χ0v) is 17.7. The number of nitrogens with zero attached hydrogens (tertiary/aromatic N) is 3. The number of halogens is 1. The molecule has 2 aromatic rings. The highest BCUT2D eigenvalue weighted by atomic mass is 79.9. The number of amides is 1. The van der Waals surface area contributed by atoms with Crippen molar-refractivity contribution in [1.29, 1.82) is 5.26 Å². The van der Waals surface area contributed by atoms with Crippen LogP contribution in [0.5, 0.6) is 0 Å². The number of fused-ring (bicyclic) bond motifs is 1. The predicted octanol–water partition coefficient (Wildman–Crippen LogP) is 3.21. The number of ether oxygens (including phenoxy) is 1. The second kappa shape index (κ2) is 8.63. The van der Waals surface area contributed by atoms with Crippen LogP contribution in [0.25, 0.3) is 0 Å². The normalized spacial score (nSPS) is 18.4. The Labute approximate surface area is 181 Å². The lowest BCUT2D eigenvalue weighted by Crippen LogP contribution is -2.52. The van der Waals surface area contributed by atoms with Crippen molar-refractivity contribution in [1.82, 2.24) is 0 Å². The molecule has 0 radical (unpaired) electrons. The van der Waals surface area contributed by atoms with Crippen molar-refractivity contribution in [2.75, 3.05) is 18.1 Å². The highest BCUT2D eigenvalue weighted by Gasteiger charge is 2.62. The fourth-order valence-corrected chi connectivity index (χ4v) is 4.17. The van der Waals surface area contributed by atoms with Crippen molar-refractivity contribution < 1.29 is 19.2 Å². The van der Waals surface area contributed by atoms with Gasteiger partial charge in [-0.05, 0) is 30.7 Å². The number of nitriles is 1. The lowest BCUT2D eigenvalue weighted by Gasteiger charge is -2.28. The van der Waals surface area contributed by atoms with E-state index in [1.54, 1.807) is 25.1 Å². The Morgan fingerprint density at radius 2 is 2.03 bits per heavy atom. The number of esters is 1. The monoisotopic (exact) mass is 471 g/mol. The minimum Gasteiger partial charge on any atom is -0.465 e. The third-order valence-corrected chi connectivity index (χ3v) is 5.56. The molecule has 2 aromatic carbocycles. The molecule has 1 amide bonds. The number of carbonyl (C=O) groups is 2. The quantitative estimate of drug-likeness (QED) is 0.348. The average Bonchev–Trinajstić information content (AvgIpc) is 2.92. The first-order chi connectivity index (χ1) is 14.3. The van der Waals surface area contributed by atoms with Crippen LogP contribution in [0.15, 0.2) is 53.0 Å². The predicted molar refractivity (Wildman–Crippen MR) is 111 cm³/mol. The first-order valence-corrected chi connectivity index (χ1v) is 9.98. The molecular formula is C21H18BrN3O5. The molecule has 9 heteroatoms. The van der Waals surface area contributed by atoms with E-state index >= 15 is 0 Å². The number of carbonyl (C=O) groups excluding carboxylic acids is 2. The van der Waals surface area contributed by atoms with Gasteiger partial charge in [-0.15, -0.1) is 0 Å². The number of benzene rings is 2. The van der Waals surface area contributed by atoms with E-state index < -0.39 is 34.7 Å². The van der Waals surface area contributed by atoms with Gasteiger partial charge in [-0.3, -0.25) is 19.7 Å². The van der Waals surface area contributed by atoms with Crippen LogP contribution < -0.4 is 4.90 Å². The molecule has 1 heterocycles. The van der Waals surface area contributed by atoms with Gasteiger partial charge >= 0.3 is 5.97 Å². The van der Waals surface area contributed by atoms with Gasteiger partial charge < -0.3 is 9.64 Å². The second-order valence-electron chi connectivity index (χ2n) is 6.81. The van der Waals surface area contributed by atoms with Crippen LogP contribution in [-0.2, 0) is 26.3 Å². The van der Waals surface area contributed by atoms with Gasteiger partial charge in [0.05, 0.1) is 19.2 Å². The Hall–Kier alpha value is -3.25. The lowest BCUT2D eigenvalue weighted by atomic mass is 9.71. The van der Waals surface area contributed by atoms with E-state index in [-0.39, 0.29) is 18.7 Å². The van der Waals surface area contributed by atoms with Crippen LogP contribution in [0.2, 0.25) is 0 Å². The Bertz CT molecular complexity index is 1040. The molecule has 154 valence electrons. The van der Waals surface area contributed by atoms with Crippen molar-refractivity contribution in [3.8, 4) is 6.07 Å². The van der Waals surface area contributed by atoms with Crippen LogP contribution in [-0.4, -0.2) is 30.0 Å². The first-order valence-electron chi connectivity index (χ1n) is 9.19. The standard InChI is InChI=1S/C21H18BrN3O5/c1-2-30-19(26)17(11-23)21(13-25(28)29)16-10-15(22)8-9-18(16)24(20(21)27)12-14-6-4-3-5-7-14/h3-10,17H,2,12-13H2,1H3/t17-,21-/m1/s1. The Morgan fingerprint density at radius 3 is 2.63 bits per heavy atom. The maximum Gasteiger partial charge on any atom is 0.325 e. The molecule has 8 nitrogen and oxygen atoms in total. The smallest absolute Gasteiger partial charge is 0.325 e. The van der Waals surface area contributed by atoms with Gasteiger partial charge in [0.2, 0.25) is 12.5 Å². The SMILES string of the molecule is CCOC(=O)[C@@H](C#N)[C@]1(C[N+](=O)[O-])C(=O)N(Cc2ccccc2)c2ccc(Br)cc21. The first kappa shape index (κ1) is 21.5. The van der Waals surface area contributed by atoms with Crippen molar-refractivity contribution in [3.05, 3.63) is 74.2 Å². The number of anilines is 1. The molecule has 3 rings (SSSR count). The molecule has 0 unspecified atom stereocenters. The van der Waals surface area contributed by atoms with Gasteiger partial charge in [0.15, 0.2) is 11.3 Å². The number of nitro groups is 1. The Morgan fingerprint density at radius 1 is 1.33 bits per heavy atom. The highest BCUT2D eigenvalue weighted by Crippen LogP contribution is 2.48. The molecule has 0 N–H and O–H groups in total. The molecule has 0 saturated carbocycles. The van der Waals surface area contributed by atoms with Gasteiger partial charge in [-0.25, -0.2) is 0 Å². The summed E-state index contributed by atoms with van der Waals surface area (Å²) in [5, 5.41) is 21.4. The van der Waals surface area contributed by atoms with Gasteiger partial charge in [0.1, 0.15) is 0 Å². The molecule has 0 bridgehead atoms. The van der Waals surface area contributed by atoms with E-state index in [4.69, 9.17) is 4.74 Å². The second-order valence-corrected chi connectivity index (χ2v) is 7.73. The van der Waals surface area contributed by atoms with Crippen molar-refractivity contribution in [2.45, 2.75) is 18.9 Å². The maximum atomic E-state index is 13.7. The topological polar surface area (TPSA) is 114 Å². The minimum atomic E-state index is -1.99. The van der Waals surface area contributed by atoms with Crippen LogP contribution >= 0.6 is 15.9 Å². The molecule has 0 aliphatic carbocycles.